The fourth-order valence-corrected chi connectivity index (χ4v) is 2.03. The Kier molecular flexibility index (Phi) is 4.43. The number of ether oxygens (including phenoxy) is 1. The van der Waals surface area contributed by atoms with E-state index in [1.807, 2.05) is 0 Å². The lowest BCUT2D eigenvalue weighted by molar-refractivity contribution is 0.305. The second-order valence-corrected chi connectivity index (χ2v) is 5.11. The van der Waals surface area contributed by atoms with Gasteiger partial charge in [-0.15, -0.1) is 0 Å². The molecule has 0 aliphatic heterocycles. The lowest BCUT2D eigenvalue weighted by Gasteiger charge is -2.08. The highest BCUT2D eigenvalue weighted by Crippen LogP contribution is 2.18. The van der Waals surface area contributed by atoms with Gasteiger partial charge in [0.15, 0.2) is 0 Å². The van der Waals surface area contributed by atoms with E-state index in [0.717, 1.165) is 31.4 Å². The van der Waals surface area contributed by atoms with Crippen LogP contribution in [-0.4, -0.2) is 19.2 Å². The van der Waals surface area contributed by atoms with Crippen molar-refractivity contribution in [3.8, 4) is 5.75 Å². The number of rotatable bonds is 7. The van der Waals surface area contributed by atoms with Gasteiger partial charge in [0.25, 0.3) is 0 Å². The van der Waals surface area contributed by atoms with Crippen LogP contribution in [0.4, 0.5) is 0 Å². The van der Waals surface area contributed by atoms with E-state index in [2.05, 4.69) is 37.4 Å². The Bertz CT molecular complexity index is 338. The zero-order valence-electron chi connectivity index (χ0n) is 11.0. The molecular weight excluding hydrogens is 210 g/mol. The first-order valence-electron chi connectivity index (χ1n) is 6.68. The molecule has 0 saturated heterocycles. The van der Waals surface area contributed by atoms with Gasteiger partial charge >= 0.3 is 0 Å². The lowest BCUT2D eigenvalue weighted by atomic mass is 10.1. The highest BCUT2D eigenvalue weighted by molar-refractivity contribution is 5.32. The second-order valence-electron chi connectivity index (χ2n) is 5.11. The summed E-state index contributed by atoms with van der Waals surface area (Å²) in [5, 5.41) is 3.52. The molecule has 1 aromatic carbocycles. The van der Waals surface area contributed by atoms with Gasteiger partial charge in [0.1, 0.15) is 5.75 Å². The van der Waals surface area contributed by atoms with E-state index in [1.54, 1.807) is 0 Å². The third-order valence-electron chi connectivity index (χ3n) is 3.05. The molecule has 1 aliphatic carbocycles. The minimum absolute atomic E-state index is 0.829. The van der Waals surface area contributed by atoms with E-state index in [1.165, 1.54) is 30.4 Å². The predicted octanol–water partition coefficient (Wildman–Crippen LogP) is 3.21. The first-order chi connectivity index (χ1) is 8.24. The molecule has 0 atom stereocenters. The molecule has 1 aliphatic rings. The average molecular weight is 233 g/mol. The van der Waals surface area contributed by atoms with Crippen LogP contribution in [0.2, 0.25) is 0 Å². The summed E-state index contributed by atoms with van der Waals surface area (Å²) in [6, 6.07) is 7.22. The van der Waals surface area contributed by atoms with Crippen LogP contribution < -0.4 is 10.1 Å². The summed E-state index contributed by atoms with van der Waals surface area (Å²) in [6.45, 7) is 6.19. The SMILES string of the molecule is Cc1cc(C)cc(OCCCCNC2CC2)c1. The molecule has 2 rings (SSSR count). The first-order valence-corrected chi connectivity index (χ1v) is 6.68. The number of benzene rings is 1. The normalized spacial score (nSPS) is 14.9. The van der Waals surface area contributed by atoms with Gasteiger partial charge in [0.05, 0.1) is 6.61 Å². The predicted molar refractivity (Wildman–Crippen MR) is 71.7 cm³/mol. The van der Waals surface area contributed by atoms with E-state index >= 15 is 0 Å². The third kappa shape index (κ3) is 4.78. The summed E-state index contributed by atoms with van der Waals surface area (Å²) in [5.74, 6) is 1.01. The van der Waals surface area contributed by atoms with Crippen molar-refractivity contribution in [2.24, 2.45) is 0 Å². The molecule has 0 aromatic heterocycles. The van der Waals surface area contributed by atoms with Crippen LogP contribution in [0, 0.1) is 13.8 Å². The second kappa shape index (κ2) is 6.06. The molecule has 0 unspecified atom stereocenters. The Morgan fingerprint density at radius 1 is 1.12 bits per heavy atom. The van der Waals surface area contributed by atoms with Crippen molar-refractivity contribution in [3.63, 3.8) is 0 Å². The highest BCUT2D eigenvalue weighted by Gasteiger charge is 2.19. The van der Waals surface area contributed by atoms with Gasteiger partial charge in [0, 0.05) is 6.04 Å². The summed E-state index contributed by atoms with van der Waals surface area (Å²) in [6.07, 6.45) is 5.09. The van der Waals surface area contributed by atoms with Crippen LogP contribution >= 0.6 is 0 Å². The molecule has 0 bridgehead atoms. The molecule has 0 radical (unpaired) electrons. The van der Waals surface area contributed by atoms with Crippen LogP contribution in [0.15, 0.2) is 18.2 Å². The first kappa shape index (κ1) is 12.4. The fraction of sp³-hybridized carbons (Fsp3) is 0.600. The minimum Gasteiger partial charge on any atom is -0.494 e. The van der Waals surface area contributed by atoms with Crippen molar-refractivity contribution in [1.29, 1.82) is 0 Å². The zero-order chi connectivity index (χ0) is 12.1. The van der Waals surface area contributed by atoms with Crippen molar-refractivity contribution < 1.29 is 4.74 Å². The van der Waals surface area contributed by atoms with Crippen LogP contribution in [0.1, 0.15) is 36.8 Å². The standard InChI is InChI=1S/C15H23NO/c1-12-9-13(2)11-15(10-12)17-8-4-3-7-16-14-5-6-14/h9-11,14,16H,3-8H2,1-2H3. The van der Waals surface area contributed by atoms with Crippen molar-refractivity contribution in [3.05, 3.63) is 29.3 Å². The molecule has 1 fully saturated rings. The fourth-order valence-electron chi connectivity index (χ4n) is 2.03. The molecular formula is C15H23NO. The van der Waals surface area contributed by atoms with E-state index in [4.69, 9.17) is 4.74 Å². The molecule has 0 heterocycles. The molecule has 94 valence electrons. The number of unbranched alkanes of at least 4 members (excludes halogenated alkanes) is 1. The topological polar surface area (TPSA) is 21.3 Å². The summed E-state index contributed by atoms with van der Waals surface area (Å²) >= 11 is 0. The van der Waals surface area contributed by atoms with Gasteiger partial charge in [-0.1, -0.05) is 6.07 Å². The Labute approximate surface area is 104 Å². The molecule has 1 saturated carbocycles. The maximum atomic E-state index is 5.76. The maximum absolute atomic E-state index is 5.76. The van der Waals surface area contributed by atoms with Gasteiger partial charge in [0.2, 0.25) is 0 Å². The van der Waals surface area contributed by atoms with Crippen molar-refractivity contribution in [2.45, 2.75) is 45.6 Å². The molecule has 0 spiro atoms. The van der Waals surface area contributed by atoms with E-state index in [-0.39, 0.29) is 0 Å². The van der Waals surface area contributed by atoms with E-state index < -0.39 is 0 Å². The monoisotopic (exact) mass is 233 g/mol. The van der Waals surface area contributed by atoms with Gasteiger partial charge in [-0.3, -0.25) is 0 Å². The molecule has 1 N–H and O–H groups in total. The molecule has 0 amide bonds. The minimum atomic E-state index is 0.829. The van der Waals surface area contributed by atoms with E-state index in [0.29, 0.717) is 0 Å². The Morgan fingerprint density at radius 2 is 1.82 bits per heavy atom. The zero-order valence-corrected chi connectivity index (χ0v) is 11.0. The van der Waals surface area contributed by atoms with Crippen LogP contribution in [-0.2, 0) is 0 Å². The highest BCUT2D eigenvalue weighted by atomic mass is 16.5. The number of hydrogen-bond donors (Lipinski definition) is 1. The average Bonchev–Trinajstić information content (AvgIpc) is 3.05. The van der Waals surface area contributed by atoms with Crippen molar-refractivity contribution in [1.82, 2.24) is 5.32 Å². The number of nitrogens with one attached hydrogen (secondary N) is 1. The maximum Gasteiger partial charge on any atom is 0.119 e. The summed E-state index contributed by atoms with van der Waals surface area (Å²) in [7, 11) is 0. The van der Waals surface area contributed by atoms with Gasteiger partial charge in [-0.25, -0.2) is 0 Å². The molecule has 17 heavy (non-hydrogen) atoms. The van der Waals surface area contributed by atoms with Gasteiger partial charge in [-0.05, 0) is 69.3 Å². The molecule has 2 nitrogen and oxygen atoms in total. The Hall–Kier alpha value is -1.02. The third-order valence-corrected chi connectivity index (χ3v) is 3.05. The quantitative estimate of drug-likeness (QED) is 0.730. The van der Waals surface area contributed by atoms with Gasteiger partial charge < -0.3 is 10.1 Å². The molecule has 2 heteroatoms. The number of aryl methyl sites for hydroxylation is 2. The Balaban J connectivity index is 1.59. The van der Waals surface area contributed by atoms with Gasteiger partial charge in [-0.2, -0.15) is 0 Å². The summed E-state index contributed by atoms with van der Waals surface area (Å²) in [5.41, 5.74) is 2.55. The largest absolute Gasteiger partial charge is 0.494 e. The van der Waals surface area contributed by atoms with Crippen LogP contribution in [0.25, 0.3) is 0 Å². The van der Waals surface area contributed by atoms with E-state index in [9.17, 15) is 0 Å². The number of hydrogen-bond acceptors (Lipinski definition) is 2. The summed E-state index contributed by atoms with van der Waals surface area (Å²) < 4.78 is 5.76. The van der Waals surface area contributed by atoms with Crippen LogP contribution in [0.3, 0.4) is 0 Å². The smallest absolute Gasteiger partial charge is 0.119 e. The lowest BCUT2D eigenvalue weighted by Crippen LogP contribution is -2.17. The van der Waals surface area contributed by atoms with Crippen LogP contribution in [0.5, 0.6) is 5.75 Å². The summed E-state index contributed by atoms with van der Waals surface area (Å²) in [4.78, 5) is 0. The van der Waals surface area contributed by atoms with Crippen molar-refractivity contribution >= 4 is 0 Å². The Morgan fingerprint density at radius 3 is 2.47 bits per heavy atom. The van der Waals surface area contributed by atoms with Crippen molar-refractivity contribution in [2.75, 3.05) is 13.2 Å². The molecule has 1 aromatic rings.